The van der Waals surface area contributed by atoms with E-state index in [9.17, 15) is 4.79 Å². The molecule has 1 heterocycles. The monoisotopic (exact) mass is 257 g/mol. The van der Waals surface area contributed by atoms with Crippen molar-refractivity contribution in [3.63, 3.8) is 0 Å². The molecular weight excluding hydrogens is 238 g/mol. The zero-order valence-corrected chi connectivity index (χ0v) is 11.4. The van der Waals surface area contributed by atoms with Gasteiger partial charge in [-0.3, -0.25) is 9.48 Å². The molecule has 0 amide bonds. The smallest absolute Gasteiger partial charge is 0.143 e. The molecule has 0 fully saturated rings. The van der Waals surface area contributed by atoms with Crippen LogP contribution >= 0.6 is 11.6 Å². The lowest BCUT2D eigenvalue weighted by Crippen LogP contribution is -2.25. The highest BCUT2D eigenvalue weighted by atomic mass is 35.5. The van der Waals surface area contributed by atoms with Gasteiger partial charge in [-0.2, -0.15) is 5.10 Å². The third kappa shape index (κ3) is 3.30. The van der Waals surface area contributed by atoms with Crippen molar-refractivity contribution >= 4 is 17.4 Å². The van der Waals surface area contributed by atoms with E-state index in [0.717, 1.165) is 24.2 Å². The molecule has 0 radical (unpaired) electrons. The second-order valence-electron chi connectivity index (χ2n) is 4.33. The molecule has 0 aliphatic rings. The normalized spacial score (nSPS) is 12.8. The number of rotatable bonds is 6. The molecule has 96 valence electrons. The minimum Gasteiger partial charge on any atom is -0.330 e. The number of aromatic nitrogens is 2. The first-order valence-electron chi connectivity index (χ1n) is 5.92. The van der Waals surface area contributed by atoms with Gasteiger partial charge in [0.05, 0.1) is 22.8 Å². The number of carbonyl (C=O) groups excluding carboxylic acids is 1. The molecule has 1 unspecified atom stereocenters. The molecule has 1 aromatic heterocycles. The van der Waals surface area contributed by atoms with E-state index < -0.39 is 0 Å². The molecule has 0 saturated carbocycles. The van der Waals surface area contributed by atoms with E-state index in [1.54, 1.807) is 11.7 Å². The minimum atomic E-state index is -0.0636. The van der Waals surface area contributed by atoms with Gasteiger partial charge in [0.15, 0.2) is 0 Å². The number of nitrogens with two attached hydrogens (primary N) is 1. The van der Waals surface area contributed by atoms with Gasteiger partial charge in [0, 0.05) is 19.5 Å². The molecule has 1 atom stereocenters. The molecule has 5 heteroatoms. The van der Waals surface area contributed by atoms with Crippen molar-refractivity contribution in [2.75, 3.05) is 6.54 Å². The Balaban J connectivity index is 2.80. The van der Waals surface area contributed by atoms with Crippen LogP contribution in [-0.2, 0) is 18.3 Å². The average molecular weight is 258 g/mol. The largest absolute Gasteiger partial charge is 0.330 e. The number of halogens is 1. The van der Waals surface area contributed by atoms with Crippen LogP contribution in [0, 0.1) is 12.8 Å². The number of ketones is 1. The lowest BCUT2D eigenvalue weighted by atomic mass is 9.95. The molecule has 0 aliphatic heterocycles. The quantitative estimate of drug-likeness (QED) is 0.846. The molecule has 0 aromatic carbocycles. The maximum atomic E-state index is 12.1. The number of Topliss-reactive ketones (excluding diaryl/α,β-unsaturated/α-hetero) is 1. The van der Waals surface area contributed by atoms with Crippen LogP contribution < -0.4 is 5.73 Å². The Morgan fingerprint density at radius 2 is 2.24 bits per heavy atom. The molecular formula is C12H20ClN3O. The summed E-state index contributed by atoms with van der Waals surface area (Å²) in [4.78, 5) is 12.1. The fourth-order valence-corrected chi connectivity index (χ4v) is 2.17. The molecule has 1 rings (SSSR count). The van der Waals surface area contributed by atoms with Crippen molar-refractivity contribution in [3.8, 4) is 0 Å². The van der Waals surface area contributed by atoms with Crippen LogP contribution in [-0.4, -0.2) is 22.1 Å². The Hall–Kier alpha value is -0.870. The Labute approximate surface area is 107 Å². The summed E-state index contributed by atoms with van der Waals surface area (Å²) in [6, 6.07) is 0. The van der Waals surface area contributed by atoms with Gasteiger partial charge in [-0.1, -0.05) is 24.9 Å². The van der Waals surface area contributed by atoms with E-state index in [-0.39, 0.29) is 11.7 Å². The Kier molecular flexibility index (Phi) is 5.15. The van der Waals surface area contributed by atoms with Crippen molar-refractivity contribution in [1.82, 2.24) is 9.78 Å². The summed E-state index contributed by atoms with van der Waals surface area (Å²) < 4.78 is 1.68. The van der Waals surface area contributed by atoms with Gasteiger partial charge < -0.3 is 5.73 Å². The average Bonchev–Trinajstić information content (AvgIpc) is 2.52. The molecule has 17 heavy (non-hydrogen) atoms. The van der Waals surface area contributed by atoms with Crippen LogP contribution in [0.4, 0.5) is 0 Å². The van der Waals surface area contributed by atoms with Gasteiger partial charge in [-0.05, 0) is 13.3 Å². The highest BCUT2D eigenvalue weighted by Crippen LogP contribution is 2.21. The summed E-state index contributed by atoms with van der Waals surface area (Å²) in [5.41, 5.74) is 7.16. The van der Waals surface area contributed by atoms with Crippen molar-refractivity contribution in [2.45, 2.75) is 33.1 Å². The van der Waals surface area contributed by atoms with Crippen LogP contribution in [0.1, 0.15) is 31.2 Å². The van der Waals surface area contributed by atoms with Crippen molar-refractivity contribution in [2.24, 2.45) is 18.7 Å². The predicted molar refractivity (Wildman–Crippen MR) is 69.1 cm³/mol. The highest BCUT2D eigenvalue weighted by Gasteiger charge is 2.20. The Morgan fingerprint density at radius 1 is 1.59 bits per heavy atom. The van der Waals surface area contributed by atoms with Gasteiger partial charge in [-0.25, -0.2) is 0 Å². The van der Waals surface area contributed by atoms with E-state index in [1.165, 1.54) is 0 Å². The lowest BCUT2D eigenvalue weighted by Gasteiger charge is -2.12. The first-order chi connectivity index (χ1) is 8.01. The van der Waals surface area contributed by atoms with Crippen molar-refractivity contribution in [1.29, 1.82) is 0 Å². The highest BCUT2D eigenvalue weighted by molar-refractivity contribution is 6.32. The van der Waals surface area contributed by atoms with Crippen LogP contribution in [0.3, 0.4) is 0 Å². The maximum Gasteiger partial charge on any atom is 0.143 e. The van der Waals surface area contributed by atoms with E-state index in [2.05, 4.69) is 12.0 Å². The Bertz CT molecular complexity index is 401. The number of hydrogen-bond donors (Lipinski definition) is 1. The number of carbonyl (C=O) groups is 1. The Morgan fingerprint density at radius 3 is 2.65 bits per heavy atom. The summed E-state index contributed by atoms with van der Waals surface area (Å²) in [5, 5.41) is 4.79. The minimum absolute atomic E-state index is 0.0636. The molecule has 1 aromatic rings. The van der Waals surface area contributed by atoms with E-state index >= 15 is 0 Å². The number of nitrogens with zero attached hydrogens (tertiary/aromatic N) is 2. The van der Waals surface area contributed by atoms with Crippen LogP contribution in [0.15, 0.2) is 0 Å². The zero-order valence-electron chi connectivity index (χ0n) is 10.7. The fraction of sp³-hybridized carbons (Fsp3) is 0.667. The summed E-state index contributed by atoms with van der Waals surface area (Å²) in [7, 11) is 1.80. The first kappa shape index (κ1) is 14.2. The summed E-state index contributed by atoms with van der Waals surface area (Å²) in [6.07, 6.45) is 2.12. The summed E-state index contributed by atoms with van der Waals surface area (Å²) >= 11 is 6.12. The van der Waals surface area contributed by atoms with Crippen molar-refractivity contribution < 1.29 is 4.79 Å². The molecule has 0 saturated heterocycles. The van der Waals surface area contributed by atoms with Crippen LogP contribution in [0.25, 0.3) is 0 Å². The lowest BCUT2D eigenvalue weighted by molar-refractivity contribution is -0.122. The van der Waals surface area contributed by atoms with Gasteiger partial charge >= 0.3 is 0 Å². The summed E-state index contributed by atoms with van der Waals surface area (Å²) in [6.45, 7) is 4.29. The fourth-order valence-electron chi connectivity index (χ4n) is 1.94. The van der Waals surface area contributed by atoms with Gasteiger partial charge in [0.25, 0.3) is 0 Å². The zero-order chi connectivity index (χ0) is 13.0. The van der Waals surface area contributed by atoms with E-state index in [4.69, 9.17) is 17.3 Å². The standard InChI is InChI=1S/C12H20ClN3O/c1-4-5-9(7-14)11(17)6-10-12(13)8(2)15-16(10)3/h9H,4-7,14H2,1-3H3. The van der Waals surface area contributed by atoms with Gasteiger partial charge in [-0.15, -0.1) is 0 Å². The van der Waals surface area contributed by atoms with E-state index in [1.807, 2.05) is 6.92 Å². The molecule has 4 nitrogen and oxygen atoms in total. The third-order valence-electron chi connectivity index (χ3n) is 2.98. The predicted octanol–water partition coefficient (Wildman–Crippen LogP) is 1.87. The third-order valence-corrected chi connectivity index (χ3v) is 3.47. The molecule has 2 N–H and O–H groups in total. The van der Waals surface area contributed by atoms with Gasteiger partial charge in [0.1, 0.15) is 5.78 Å². The van der Waals surface area contributed by atoms with Crippen LogP contribution in [0.5, 0.6) is 0 Å². The second-order valence-corrected chi connectivity index (χ2v) is 4.71. The SMILES string of the molecule is CCCC(CN)C(=O)Cc1c(Cl)c(C)nn1C. The van der Waals surface area contributed by atoms with Crippen molar-refractivity contribution in [3.05, 3.63) is 16.4 Å². The topological polar surface area (TPSA) is 60.9 Å². The van der Waals surface area contributed by atoms with E-state index in [0.29, 0.717) is 18.0 Å². The summed E-state index contributed by atoms with van der Waals surface area (Å²) in [5.74, 6) is 0.0884. The molecule has 0 spiro atoms. The molecule has 0 aliphatic carbocycles. The second kappa shape index (κ2) is 6.17. The van der Waals surface area contributed by atoms with Gasteiger partial charge in [0.2, 0.25) is 0 Å². The van der Waals surface area contributed by atoms with Crippen LogP contribution in [0.2, 0.25) is 5.02 Å². The number of aryl methyl sites for hydroxylation is 2. The maximum absolute atomic E-state index is 12.1. The molecule has 0 bridgehead atoms. The first-order valence-corrected chi connectivity index (χ1v) is 6.29. The number of hydrogen-bond acceptors (Lipinski definition) is 3.